The first kappa shape index (κ1) is 36.7. The second-order valence-electron chi connectivity index (χ2n) is 10.1. The number of hydrogen-bond donors (Lipinski definition) is 0. The van der Waals surface area contributed by atoms with Crippen LogP contribution < -0.4 is 9.30 Å². The van der Waals surface area contributed by atoms with E-state index in [0.29, 0.717) is 26.9 Å². The SMILES string of the molecule is O=C(CCC[n+]1c2ccccc2c(C(=O)Oc2c([N+](=O)[O-])cccc2[N+](=O)[O-])c2ccccc21)ON1C(=O)CCC1=O.O=S(=O)([O-])C(F)(F)F. The fourth-order valence-corrected chi connectivity index (χ4v) is 4.81. The standard InChI is InChI=1S/C28H21N4O10.CHF3O3S/c33-23-14-15-24(34)30(23)42-25(35)13-6-16-29-19-9-3-1-7-17(19)26(18-8-2-4-10-20(18)29)28(36)41-27-21(31(37)38)11-5-12-22(27)32(39)40;2-1(3,4)8(5,6)7/h1-5,7-12H,6,13-16H2;(H,5,6,7)/q+1;/p-1. The number of hydroxylamine groups is 2. The van der Waals surface area contributed by atoms with Gasteiger partial charge in [0, 0.05) is 43.5 Å². The van der Waals surface area contributed by atoms with Crippen molar-refractivity contribution < 1.29 is 69.3 Å². The van der Waals surface area contributed by atoms with Crippen LogP contribution >= 0.6 is 0 Å². The van der Waals surface area contributed by atoms with Crippen molar-refractivity contribution in [2.75, 3.05) is 0 Å². The third kappa shape index (κ3) is 7.95. The number of alkyl halides is 3. The summed E-state index contributed by atoms with van der Waals surface area (Å²) in [7, 11) is -6.09. The Labute approximate surface area is 277 Å². The van der Waals surface area contributed by atoms with E-state index in [0.717, 1.165) is 18.2 Å². The number of esters is 1. The summed E-state index contributed by atoms with van der Waals surface area (Å²) in [6, 6.07) is 16.7. The molecule has 0 atom stereocenters. The Morgan fingerprint density at radius 1 is 0.840 bits per heavy atom. The Bertz CT molecular complexity index is 2070. The maximum Gasteiger partial charge on any atom is 0.485 e. The first-order valence-electron chi connectivity index (χ1n) is 14.0. The van der Waals surface area contributed by atoms with Crippen LogP contribution in [0.15, 0.2) is 66.7 Å². The molecular formula is C29H21F3N4O13S. The van der Waals surface area contributed by atoms with Crippen LogP contribution in [-0.2, 0) is 35.9 Å². The van der Waals surface area contributed by atoms with Crippen molar-refractivity contribution in [2.24, 2.45) is 0 Å². The van der Waals surface area contributed by atoms with Crippen LogP contribution in [0.5, 0.6) is 5.75 Å². The van der Waals surface area contributed by atoms with E-state index >= 15 is 0 Å². The second-order valence-corrected chi connectivity index (χ2v) is 11.5. The molecule has 1 fully saturated rings. The van der Waals surface area contributed by atoms with Gasteiger partial charge < -0.3 is 14.1 Å². The number of amides is 2. The van der Waals surface area contributed by atoms with Gasteiger partial charge in [0.1, 0.15) is 6.54 Å². The maximum absolute atomic E-state index is 13.6. The highest BCUT2D eigenvalue weighted by Crippen LogP contribution is 2.38. The molecule has 2 amide bonds. The van der Waals surface area contributed by atoms with Crippen LogP contribution in [0.4, 0.5) is 24.5 Å². The number of nitro groups is 2. The summed E-state index contributed by atoms with van der Waals surface area (Å²) >= 11 is 0. The lowest BCUT2D eigenvalue weighted by molar-refractivity contribution is -0.645. The van der Waals surface area contributed by atoms with Crippen LogP contribution in [0.2, 0.25) is 0 Å². The number of nitro benzene ring substituents is 2. The molecule has 1 aliphatic heterocycles. The zero-order chi connectivity index (χ0) is 37.0. The number of imide groups is 1. The minimum absolute atomic E-state index is 0.0142. The molecule has 3 aromatic carbocycles. The van der Waals surface area contributed by atoms with Gasteiger partial charge in [-0.05, 0) is 18.2 Å². The third-order valence-corrected chi connectivity index (χ3v) is 7.51. The van der Waals surface area contributed by atoms with Gasteiger partial charge in [0.25, 0.3) is 17.6 Å². The minimum Gasteiger partial charge on any atom is -0.741 e. The van der Waals surface area contributed by atoms with Gasteiger partial charge in [-0.1, -0.05) is 24.3 Å². The summed E-state index contributed by atoms with van der Waals surface area (Å²) in [5.74, 6) is -3.72. The van der Waals surface area contributed by atoms with Crippen molar-refractivity contribution >= 4 is 67.1 Å². The van der Waals surface area contributed by atoms with Gasteiger partial charge >= 0.3 is 28.8 Å². The zero-order valence-electron chi connectivity index (χ0n) is 25.0. The molecular weight excluding hydrogens is 701 g/mol. The minimum atomic E-state index is -6.09. The normalized spacial score (nSPS) is 13.2. The summed E-state index contributed by atoms with van der Waals surface area (Å²) in [5.41, 5.74) is -5.97. The summed E-state index contributed by atoms with van der Waals surface area (Å²) in [4.78, 5) is 75.8. The molecule has 0 aliphatic carbocycles. The Hall–Kier alpha value is -6.09. The Balaban J connectivity index is 0.000000627. The molecule has 0 saturated carbocycles. The van der Waals surface area contributed by atoms with Crippen molar-refractivity contribution in [1.82, 2.24) is 5.06 Å². The predicted octanol–water partition coefficient (Wildman–Crippen LogP) is 3.75. The molecule has 1 aliphatic rings. The smallest absolute Gasteiger partial charge is 0.485 e. The topological polar surface area (TPSA) is 237 Å². The van der Waals surface area contributed by atoms with Crippen LogP contribution in [0.3, 0.4) is 0 Å². The molecule has 2 heterocycles. The number of carbonyl (C=O) groups excluding carboxylic acids is 4. The second kappa shape index (κ2) is 14.6. The van der Waals surface area contributed by atoms with Gasteiger partial charge in [0.15, 0.2) is 10.1 Å². The van der Waals surface area contributed by atoms with E-state index in [1.165, 1.54) is 0 Å². The van der Waals surface area contributed by atoms with Crippen molar-refractivity contribution in [1.29, 1.82) is 0 Å². The van der Waals surface area contributed by atoms with Gasteiger partial charge in [0.05, 0.1) is 32.6 Å². The van der Waals surface area contributed by atoms with Crippen LogP contribution in [0, 0.1) is 20.2 Å². The van der Waals surface area contributed by atoms with Crippen molar-refractivity contribution in [2.45, 2.75) is 37.7 Å². The van der Waals surface area contributed by atoms with Gasteiger partial charge in [-0.3, -0.25) is 29.8 Å². The van der Waals surface area contributed by atoms with Crippen molar-refractivity contribution in [3.8, 4) is 5.75 Å². The molecule has 21 heteroatoms. The summed E-state index contributed by atoms with van der Waals surface area (Å²) in [5, 5.41) is 24.5. The highest BCUT2D eigenvalue weighted by Gasteiger charge is 2.37. The molecule has 50 heavy (non-hydrogen) atoms. The summed E-state index contributed by atoms with van der Waals surface area (Å²) in [6.07, 6.45) is 0.108. The van der Waals surface area contributed by atoms with E-state index in [1.54, 1.807) is 48.5 Å². The lowest BCUT2D eigenvalue weighted by atomic mass is 10.0. The van der Waals surface area contributed by atoms with Gasteiger partial charge in [-0.25, -0.2) is 18.0 Å². The van der Waals surface area contributed by atoms with Crippen LogP contribution in [-0.4, -0.2) is 57.1 Å². The largest absolute Gasteiger partial charge is 0.741 e. The number of benzene rings is 3. The molecule has 1 aromatic heterocycles. The zero-order valence-corrected chi connectivity index (χ0v) is 25.8. The number of pyridine rings is 1. The molecule has 4 aromatic rings. The van der Waals surface area contributed by atoms with Gasteiger partial charge in [-0.2, -0.15) is 17.7 Å². The van der Waals surface area contributed by atoms with Gasteiger partial charge in [0.2, 0.25) is 11.0 Å². The molecule has 17 nitrogen and oxygen atoms in total. The predicted molar refractivity (Wildman–Crippen MR) is 159 cm³/mol. The molecule has 0 N–H and O–H groups in total. The number of halogens is 3. The Kier molecular flexibility index (Phi) is 10.7. The van der Waals surface area contributed by atoms with E-state index in [-0.39, 0.29) is 37.8 Å². The molecule has 1 saturated heterocycles. The average molecular weight is 723 g/mol. The highest BCUT2D eigenvalue weighted by molar-refractivity contribution is 7.86. The van der Waals surface area contributed by atoms with Crippen molar-refractivity contribution in [3.05, 3.63) is 92.5 Å². The fraction of sp³-hybridized carbons (Fsp3) is 0.207. The Morgan fingerprint density at radius 2 is 1.30 bits per heavy atom. The molecule has 262 valence electrons. The van der Waals surface area contributed by atoms with E-state index in [9.17, 15) is 52.6 Å². The number of para-hydroxylation sites is 3. The van der Waals surface area contributed by atoms with Crippen LogP contribution in [0.25, 0.3) is 21.8 Å². The number of carbonyl (C=O) groups is 4. The number of fused-ring (bicyclic) bond motifs is 2. The monoisotopic (exact) mass is 722 g/mol. The van der Waals surface area contributed by atoms with E-state index in [4.69, 9.17) is 22.5 Å². The number of nitrogens with zero attached hydrogens (tertiary/aromatic N) is 4. The quantitative estimate of drug-likeness (QED) is 0.0276. The average Bonchev–Trinajstić information content (AvgIpc) is 3.35. The van der Waals surface area contributed by atoms with E-state index < -0.39 is 66.4 Å². The fourth-order valence-electron chi connectivity index (χ4n) is 4.81. The lowest BCUT2D eigenvalue weighted by Gasteiger charge is -2.13. The molecule has 0 unspecified atom stereocenters. The van der Waals surface area contributed by atoms with Crippen LogP contribution in [0.1, 0.15) is 36.0 Å². The molecule has 0 spiro atoms. The van der Waals surface area contributed by atoms with Gasteiger partial charge in [-0.15, -0.1) is 5.06 Å². The molecule has 0 bridgehead atoms. The summed E-state index contributed by atoms with van der Waals surface area (Å²) < 4.78 is 66.1. The summed E-state index contributed by atoms with van der Waals surface area (Å²) in [6.45, 7) is 0.267. The van der Waals surface area contributed by atoms with E-state index in [2.05, 4.69) is 0 Å². The number of rotatable bonds is 9. The van der Waals surface area contributed by atoms with Crippen molar-refractivity contribution in [3.63, 3.8) is 0 Å². The van der Waals surface area contributed by atoms with E-state index in [1.807, 2.05) is 4.57 Å². The first-order chi connectivity index (χ1) is 23.4. The first-order valence-corrected chi connectivity index (χ1v) is 15.4. The molecule has 5 rings (SSSR count). The maximum atomic E-state index is 13.6. The number of aryl methyl sites for hydroxylation is 1. The Morgan fingerprint density at radius 3 is 1.74 bits per heavy atom. The highest BCUT2D eigenvalue weighted by atomic mass is 32.2. The number of aromatic nitrogens is 1. The third-order valence-electron chi connectivity index (χ3n) is 6.94. The number of hydrogen-bond acceptors (Lipinski definition) is 13. The lowest BCUT2D eigenvalue weighted by Crippen LogP contribution is -2.37. The number of ether oxygens (including phenoxy) is 1. The molecule has 0 radical (unpaired) electrons.